The molecule has 0 aliphatic carbocycles. The van der Waals surface area contributed by atoms with Crippen molar-refractivity contribution in [1.82, 2.24) is 9.38 Å². The van der Waals surface area contributed by atoms with Gasteiger partial charge in [-0.2, -0.15) is 0 Å². The lowest BCUT2D eigenvalue weighted by Gasteiger charge is -2.13. The molecule has 0 spiro atoms. The number of hydrogen-bond donors (Lipinski definition) is 1. The Morgan fingerprint density at radius 3 is 2.37 bits per heavy atom. The average Bonchev–Trinajstić information content (AvgIpc) is 2.79. The summed E-state index contributed by atoms with van der Waals surface area (Å²) in [6.07, 6.45) is 1.88. The van der Waals surface area contributed by atoms with Crippen LogP contribution in [0, 0.1) is 20.8 Å². The predicted octanol–water partition coefficient (Wildman–Crippen LogP) is 4.00. The zero-order chi connectivity index (χ0) is 13.4. The molecule has 3 rings (SSSR count). The SMILES string of the molecule is Cc1cccc(C)c1Nc1cnc2cccc(C)n12. The number of imidazole rings is 1. The summed E-state index contributed by atoms with van der Waals surface area (Å²) in [5.74, 6) is 1.01. The Kier molecular flexibility index (Phi) is 2.75. The number of nitrogens with one attached hydrogen (secondary N) is 1. The highest BCUT2D eigenvalue weighted by Crippen LogP contribution is 2.25. The van der Waals surface area contributed by atoms with Crippen LogP contribution in [0.5, 0.6) is 0 Å². The minimum absolute atomic E-state index is 0.966. The number of aromatic nitrogens is 2. The third kappa shape index (κ3) is 1.97. The first kappa shape index (κ1) is 11.8. The number of pyridine rings is 1. The Morgan fingerprint density at radius 2 is 1.63 bits per heavy atom. The highest BCUT2D eigenvalue weighted by atomic mass is 15.1. The first-order valence-corrected chi connectivity index (χ1v) is 6.43. The molecule has 0 aliphatic rings. The third-order valence-corrected chi connectivity index (χ3v) is 3.46. The van der Waals surface area contributed by atoms with Crippen molar-refractivity contribution >= 4 is 17.2 Å². The van der Waals surface area contributed by atoms with E-state index in [1.165, 1.54) is 16.8 Å². The van der Waals surface area contributed by atoms with Crippen LogP contribution in [-0.4, -0.2) is 9.38 Å². The summed E-state index contributed by atoms with van der Waals surface area (Å²) in [6, 6.07) is 12.4. The zero-order valence-corrected chi connectivity index (χ0v) is 11.4. The van der Waals surface area contributed by atoms with E-state index in [9.17, 15) is 0 Å². The van der Waals surface area contributed by atoms with Crippen molar-refractivity contribution in [2.75, 3.05) is 5.32 Å². The molecule has 0 saturated heterocycles. The topological polar surface area (TPSA) is 29.3 Å². The summed E-state index contributed by atoms with van der Waals surface area (Å²) in [7, 11) is 0. The Balaban J connectivity index is 2.12. The summed E-state index contributed by atoms with van der Waals surface area (Å²) in [4.78, 5) is 4.44. The molecule has 2 aromatic heterocycles. The molecule has 0 amide bonds. The van der Waals surface area contributed by atoms with Crippen molar-refractivity contribution in [2.45, 2.75) is 20.8 Å². The van der Waals surface area contributed by atoms with Gasteiger partial charge in [0.25, 0.3) is 0 Å². The predicted molar refractivity (Wildman–Crippen MR) is 79.1 cm³/mol. The summed E-state index contributed by atoms with van der Waals surface area (Å²) < 4.78 is 2.13. The lowest BCUT2D eigenvalue weighted by atomic mass is 10.1. The molecule has 0 bridgehead atoms. The van der Waals surface area contributed by atoms with Gasteiger partial charge in [-0.05, 0) is 44.0 Å². The second-order valence-electron chi connectivity index (χ2n) is 4.90. The highest BCUT2D eigenvalue weighted by molar-refractivity contribution is 5.66. The molecule has 0 aliphatic heterocycles. The molecule has 19 heavy (non-hydrogen) atoms. The molecule has 3 heteroatoms. The van der Waals surface area contributed by atoms with Crippen LogP contribution in [0.2, 0.25) is 0 Å². The largest absolute Gasteiger partial charge is 0.340 e. The van der Waals surface area contributed by atoms with Crippen LogP contribution < -0.4 is 5.32 Å². The van der Waals surface area contributed by atoms with Crippen molar-refractivity contribution in [3.05, 3.63) is 59.4 Å². The van der Waals surface area contributed by atoms with Gasteiger partial charge in [-0.3, -0.25) is 4.40 Å². The Bertz CT molecular complexity index is 721. The molecule has 0 saturated carbocycles. The first-order valence-electron chi connectivity index (χ1n) is 6.43. The molecule has 0 fully saturated rings. The molecule has 1 aromatic carbocycles. The number of nitrogens with zero attached hydrogens (tertiary/aromatic N) is 2. The van der Waals surface area contributed by atoms with Crippen LogP contribution in [0.4, 0.5) is 11.5 Å². The number of anilines is 2. The zero-order valence-electron chi connectivity index (χ0n) is 11.4. The monoisotopic (exact) mass is 251 g/mol. The number of benzene rings is 1. The van der Waals surface area contributed by atoms with Gasteiger partial charge < -0.3 is 5.32 Å². The maximum atomic E-state index is 4.44. The molecule has 0 unspecified atom stereocenters. The van der Waals surface area contributed by atoms with Crippen molar-refractivity contribution < 1.29 is 0 Å². The van der Waals surface area contributed by atoms with Crippen molar-refractivity contribution in [2.24, 2.45) is 0 Å². The molecule has 1 N–H and O–H groups in total. The molecular weight excluding hydrogens is 234 g/mol. The fraction of sp³-hybridized carbons (Fsp3) is 0.188. The van der Waals surface area contributed by atoms with E-state index in [-0.39, 0.29) is 0 Å². The van der Waals surface area contributed by atoms with Crippen LogP contribution in [-0.2, 0) is 0 Å². The van der Waals surface area contributed by atoms with Crippen LogP contribution in [0.15, 0.2) is 42.6 Å². The van der Waals surface area contributed by atoms with Crippen LogP contribution >= 0.6 is 0 Å². The number of aryl methyl sites for hydroxylation is 3. The van der Waals surface area contributed by atoms with Crippen LogP contribution in [0.25, 0.3) is 5.65 Å². The Labute approximate surface area is 112 Å². The van der Waals surface area contributed by atoms with E-state index in [1.807, 2.05) is 18.3 Å². The molecule has 2 heterocycles. The maximum Gasteiger partial charge on any atom is 0.138 e. The summed E-state index contributed by atoms with van der Waals surface area (Å²) in [6.45, 7) is 6.32. The van der Waals surface area contributed by atoms with E-state index in [0.717, 1.165) is 17.2 Å². The summed E-state index contributed by atoms with van der Waals surface area (Å²) in [5.41, 5.74) is 5.78. The van der Waals surface area contributed by atoms with Crippen LogP contribution in [0.3, 0.4) is 0 Å². The van der Waals surface area contributed by atoms with Crippen LogP contribution in [0.1, 0.15) is 16.8 Å². The number of hydrogen-bond acceptors (Lipinski definition) is 2. The normalized spacial score (nSPS) is 10.9. The van der Waals surface area contributed by atoms with E-state index < -0.39 is 0 Å². The molecule has 0 atom stereocenters. The molecule has 0 radical (unpaired) electrons. The summed E-state index contributed by atoms with van der Waals surface area (Å²) >= 11 is 0. The fourth-order valence-electron chi connectivity index (χ4n) is 2.43. The first-order chi connectivity index (χ1) is 9.16. The van der Waals surface area contributed by atoms with Gasteiger partial charge in [-0.1, -0.05) is 24.3 Å². The quantitative estimate of drug-likeness (QED) is 0.745. The number of rotatable bonds is 2. The average molecular weight is 251 g/mol. The van der Waals surface area contributed by atoms with Gasteiger partial charge in [0.15, 0.2) is 0 Å². The standard InChI is InChI=1S/C16H17N3/c1-11-6-4-7-12(2)16(11)18-15-10-17-14-9-5-8-13(3)19(14)15/h4-10,18H,1-3H3. The third-order valence-electron chi connectivity index (χ3n) is 3.46. The van der Waals surface area contributed by atoms with E-state index in [0.29, 0.717) is 0 Å². The fourth-order valence-corrected chi connectivity index (χ4v) is 2.43. The lowest BCUT2D eigenvalue weighted by Crippen LogP contribution is -2.00. The lowest BCUT2D eigenvalue weighted by molar-refractivity contribution is 1.09. The van der Waals surface area contributed by atoms with Gasteiger partial charge in [-0.15, -0.1) is 0 Å². The van der Waals surface area contributed by atoms with Crippen molar-refractivity contribution in [1.29, 1.82) is 0 Å². The molecule has 96 valence electrons. The van der Waals surface area contributed by atoms with Gasteiger partial charge in [0, 0.05) is 11.4 Å². The van der Waals surface area contributed by atoms with Gasteiger partial charge >= 0.3 is 0 Å². The minimum Gasteiger partial charge on any atom is -0.340 e. The van der Waals surface area contributed by atoms with Crippen molar-refractivity contribution in [3.8, 4) is 0 Å². The van der Waals surface area contributed by atoms with Gasteiger partial charge in [-0.25, -0.2) is 4.98 Å². The minimum atomic E-state index is 0.966. The van der Waals surface area contributed by atoms with E-state index in [2.05, 4.69) is 59.7 Å². The maximum absolute atomic E-state index is 4.44. The number of fused-ring (bicyclic) bond motifs is 1. The Hall–Kier alpha value is -2.29. The van der Waals surface area contributed by atoms with E-state index in [4.69, 9.17) is 0 Å². The molecule has 3 nitrogen and oxygen atoms in total. The van der Waals surface area contributed by atoms with Gasteiger partial charge in [0.2, 0.25) is 0 Å². The Morgan fingerprint density at radius 1 is 0.947 bits per heavy atom. The van der Waals surface area contributed by atoms with E-state index >= 15 is 0 Å². The molecular formula is C16H17N3. The van der Waals surface area contributed by atoms with Crippen molar-refractivity contribution in [3.63, 3.8) is 0 Å². The van der Waals surface area contributed by atoms with E-state index in [1.54, 1.807) is 0 Å². The highest BCUT2D eigenvalue weighted by Gasteiger charge is 2.08. The second-order valence-corrected chi connectivity index (χ2v) is 4.90. The smallest absolute Gasteiger partial charge is 0.138 e. The van der Waals surface area contributed by atoms with Gasteiger partial charge in [0.05, 0.1) is 6.20 Å². The second kappa shape index (κ2) is 4.43. The summed E-state index contributed by atoms with van der Waals surface area (Å²) in [5, 5.41) is 3.50. The number of para-hydroxylation sites is 1. The van der Waals surface area contributed by atoms with Gasteiger partial charge in [0.1, 0.15) is 11.5 Å². The molecule has 3 aromatic rings.